The number of nitrogens with one attached hydrogen (secondary N) is 1. The van der Waals surface area contributed by atoms with E-state index in [1.54, 1.807) is 4.90 Å². The fraction of sp³-hybridized carbons (Fsp3) is 0.500. The van der Waals surface area contributed by atoms with Crippen LogP contribution >= 0.6 is 0 Å². The van der Waals surface area contributed by atoms with Crippen molar-refractivity contribution in [2.45, 2.75) is 50.6 Å². The Kier molecular flexibility index (Phi) is 3.75. The molecule has 2 aliphatic rings. The second kappa shape index (κ2) is 5.92. The highest BCUT2D eigenvalue weighted by Crippen LogP contribution is 2.40. The minimum absolute atomic E-state index is 0.0848. The fourth-order valence-corrected chi connectivity index (χ4v) is 4.43. The summed E-state index contributed by atoms with van der Waals surface area (Å²) in [6, 6.07) is 7.05. The Hall–Kier alpha value is -2.37. The van der Waals surface area contributed by atoms with Crippen molar-refractivity contribution >= 4 is 22.8 Å². The van der Waals surface area contributed by atoms with Crippen LogP contribution in [-0.2, 0) is 16.0 Å². The largest absolute Gasteiger partial charge is 0.480 e. The topological polar surface area (TPSA) is 86.3 Å². The monoisotopic (exact) mass is 327 g/mol. The van der Waals surface area contributed by atoms with Gasteiger partial charge in [-0.25, -0.2) is 4.79 Å². The molecule has 0 spiro atoms. The lowest BCUT2D eigenvalue weighted by Gasteiger charge is -2.33. The molecule has 6 nitrogen and oxygen atoms in total. The van der Waals surface area contributed by atoms with Crippen molar-refractivity contribution in [1.29, 1.82) is 0 Å². The lowest BCUT2D eigenvalue weighted by molar-refractivity contribution is -0.149. The molecule has 1 aromatic heterocycles. The number of aliphatic carboxylic acids is 1. The van der Waals surface area contributed by atoms with Gasteiger partial charge in [-0.15, -0.1) is 0 Å². The van der Waals surface area contributed by atoms with E-state index in [2.05, 4.69) is 10.2 Å². The summed E-state index contributed by atoms with van der Waals surface area (Å²) in [5, 5.41) is 17.7. The molecule has 126 valence electrons. The summed E-state index contributed by atoms with van der Waals surface area (Å²) >= 11 is 0. The van der Waals surface area contributed by atoms with Crippen molar-refractivity contribution in [3.63, 3.8) is 0 Å². The van der Waals surface area contributed by atoms with Gasteiger partial charge in [-0.1, -0.05) is 31.0 Å². The summed E-state index contributed by atoms with van der Waals surface area (Å²) in [4.78, 5) is 26.3. The minimum atomic E-state index is -0.882. The molecular weight excluding hydrogens is 306 g/mol. The molecule has 2 aromatic rings. The van der Waals surface area contributed by atoms with E-state index in [4.69, 9.17) is 0 Å². The predicted octanol–water partition coefficient (Wildman–Crippen LogP) is 2.35. The number of rotatable bonds is 3. The smallest absolute Gasteiger partial charge is 0.326 e. The molecule has 1 saturated carbocycles. The Morgan fingerprint density at radius 1 is 1.25 bits per heavy atom. The molecule has 3 unspecified atom stereocenters. The third-order valence-corrected chi connectivity index (χ3v) is 5.53. The lowest BCUT2D eigenvalue weighted by atomic mass is 9.84. The number of para-hydroxylation sites is 1. The molecule has 1 saturated heterocycles. The molecule has 2 heterocycles. The molecule has 6 heteroatoms. The Labute approximate surface area is 139 Å². The second-order valence-electron chi connectivity index (χ2n) is 6.90. The molecule has 0 bridgehead atoms. The second-order valence-corrected chi connectivity index (χ2v) is 6.90. The molecule has 1 aliphatic carbocycles. The van der Waals surface area contributed by atoms with E-state index in [9.17, 15) is 14.7 Å². The van der Waals surface area contributed by atoms with Crippen molar-refractivity contribution in [3.05, 3.63) is 30.0 Å². The molecule has 4 rings (SSSR count). The van der Waals surface area contributed by atoms with Gasteiger partial charge in [-0.05, 0) is 31.2 Å². The number of carbonyl (C=O) groups is 2. The van der Waals surface area contributed by atoms with Gasteiger partial charge in [0, 0.05) is 11.4 Å². The number of aromatic nitrogens is 2. The van der Waals surface area contributed by atoms with Crippen molar-refractivity contribution < 1.29 is 14.7 Å². The van der Waals surface area contributed by atoms with Gasteiger partial charge in [-0.3, -0.25) is 9.89 Å². The highest BCUT2D eigenvalue weighted by Gasteiger charge is 2.47. The van der Waals surface area contributed by atoms with E-state index in [0.717, 1.165) is 42.3 Å². The van der Waals surface area contributed by atoms with Crippen LogP contribution in [-0.4, -0.2) is 44.2 Å². The number of hydrogen-bond acceptors (Lipinski definition) is 3. The van der Waals surface area contributed by atoms with Gasteiger partial charge in [0.2, 0.25) is 5.91 Å². The van der Waals surface area contributed by atoms with Gasteiger partial charge >= 0.3 is 5.97 Å². The fourth-order valence-electron chi connectivity index (χ4n) is 4.43. The maximum Gasteiger partial charge on any atom is 0.326 e. The van der Waals surface area contributed by atoms with Gasteiger partial charge in [0.05, 0.1) is 17.6 Å². The molecule has 1 aliphatic heterocycles. The summed E-state index contributed by atoms with van der Waals surface area (Å²) in [5.41, 5.74) is 1.59. The first kappa shape index (κ1) is 15.2. The molecule has 2 fully saturated rings. The Bertz CT molecular complexity index is 785. The summed E-state index contributed by atoms with van der Waals surface area (Å²) in [7, 11) is 0. The molecule has 24 heavy (non-hydrogen) atoms. The first-order valence-corrected chi connectivity index (χ1v) is 8.61. The predicted molar refractivity (Wildman–Crippen MR) is 88.4 cm³/mol. The molecule has 0 radical (unpaired) electrons. The van der Waals surface area contributed by atoms with Crippen LogP contribution in [0.25, 0.3) is 10.9 Å². The van der Waals surface area contributed by atoms with Crippen molar-refractivity contribution in [3.8, 4) is 0 Å². The average Bonchev–Trinajstić information content (AvgIpc) is 3.16. The highest BCUT2D eigenvalue weighted by atomic mass is 16.4. The lowest BCUT2D eigenvalue weighted by Crippen LogP contribution is -2.46. The first-order chi connectivity index (χ1) is 11.6. The molecule has 3 atom stereocenters. The summed E-state index contributed by atoms with van der Waals surface area (Å²) < 4.78 is 0. The van der Waals surface area contributed by atoms with Crippen molar-refractivity contribution in [1.82, 2.24) is 15.1 Å². The number of hydrogen-bond donors (Lipinski definition) is 2. The van der Waals surface area contributed by atoms with Crippen molar-refractivity contribution in [2.75, 3.05) is 0 Å². The zero-order chi connectivity index (χ0) is 16.7. The number of nitrogens with zero attached hydrogens (tertiary/aromatic N) is 2. The van der Waals surface area contributed by atoms with Crippen LogP contribution in [0.5, 0.6) is 0 Å². The number of carbonyl (C=O) groups excluding carboxylic acids is 1. The van der Waals surface area contributed by atoms with Gasteiger partial charge in [-0.2, -0.15) is 5.10 Å². The Morgan fingerprint density at radius 3 is 2.88 bits per heavy atom. The van der Waals surface area contributed by atoms with Crippen LogP contribution in [0.4, 0.5) is 0 Å². The van der Waals surface area contributed by atoms with E-state index in [-0.39, 0.29) is 18.4 Å². The number of benzene rings is 1. The minimum Gasteiger partial charge on any atom is -0.480 e. The third kappa shape index (κ3) is 2.46. The van der Waals surface area contributed by atoms with Gasteiger partial charge in [0.15, 0.2) is 0 Å². The van der Waals surface area contributed by atoms with Gasteiger partial charge in [0.1, 0.15) is 6.04 Å². The standard InChI is InChI=1S/C18H21N3O3/c22-17(10-14-12-6-2-3-7-13(12)19-20-14)21-15-8-4-1-5-11(15)9-16(21)18(23)24/h2-3,6-7,11,15-16H,1,4-5,8-10H2,(H,19,20)(H,23,24). The maximum absolute atomic E-state index is 12.9. The molecule has 1 amide bonds. The van der Waals surface area contributed by atoms with E-state index >= 15 is 0 Å². The molecular formula is C18H21N3O3. The average molecular weight is 327 g/mol. The van der Waals surface area contributed by atoms with Gasteiger partial charge in [0.25, 0.3) is 0 Å². The summed E-state index contributed by atoms with van der Waals surface area (Å²) in [6.45, 7) is 0. The third-order valence-electron chi connectivity index (χ3n) is 5.53. The van der Waals surface area contributed by atoms with E-state index < -0.39 is 12.0 Å². The number of amides is 1. The zero-order valence-electron chi connectivity index (χ0n) is 13.4. The van der Waals surface area contributed by atoms with Crippen LogP contribution < -0.4 is 0 Å². The number of fused-ring (bicyclic) bond motifs is 2. The maximum atomic E-state index is 12.9. The highest BCUT2D eigenvalue weighted by molar-refractivity contribution is 5.90. The van der Waals surface area contributed by atoms with Crippen LogP contribution in [0.15, 0.2) is 24.3 Å². The van der Waals surface area contributed by atoms with Crippen molar-refractivity contribution in [2.24, 2.45) is 5.92 Å². The number of carboxylic acids is 1. The first-order valence-electron chi connectivity index (χ1n) is 8.61. The van der Waals surface area contributed by atoms with E-state index in [1.807, 2.05) is 24.3 Å². The summed E-state index contributed by atoms with van der Waals surface area (Å²) in [6.07, 6.45) is 4.93. The Morgan fingerprint density at radius 2 is 2.04 bits per heavy atom. The van der Waals surface area contributed by atoms with E-state index in [0.29, 0.717) is 12.3 Å². The Balaban J connectivity index is 1.60. The van der Waals surface area contributed by atoms with Crippen LogP contribution in [0.3, 0.4) is 0 Å². The zero-order valence-corrected chi connectivity index (χ0v) is 13.4. The molecule has 2 N–H and O–H groups in total. The van der Waals surface area contributed by atoms with Crippen LogP contribution in [0.2, 0.25) is 0 Å². The summed E-state index contributed by atoms with van der Waals surface area (Å²) in [5.74, 6) is -0.652. The van der Waals surface area contributed by atoms with Gasteiger partial charge < -0.3 is 10.0 Å². The van der Waals surface area contributed by atoms with Crippen LogP contribution in [0.1, 0.15) is 37.8 Å². The number of aromatic amines is 1. The number of likely N-dealkylation sites (tertiary alicyclic amines) is 1. The quantitative estimate of drug-likeness (QED) is 0.906. The van der Waals surface area contributed by atoms with Crippen LogP contribution in [0, 0.1) is 5.92 Å². The number of H-pyrrole nitrogens is 1. The normalized spacial score (nSPS) is 26.5. The number of carboxylic acid groups (broad SMARTS) is 1. The molecule has 1 aromatic carbocycles. The van der Waals surface area contributed by atoms with E-state index in [1.165, 1.54) is 0 Å². The SMILES string of the molecule is O=C(O)C1CC2CCCCC2N1C(=O)Cc1[nH]nc2ccccc12.